The number of aliphatic hydroxyl groups excluding tert-OH is 1. The van der Waals surface area contributed by atoms with Crippen LogP contribution >= 0.6 is 11.6 Å². The lowest BCUT2D eigenvalue weighted by Crippen LogP contribution is -2.25. The molecule has 184 valence electrons. The summed E-state index contributed by atoms with van der Waals surface area (Å²) in [5, 5.41) is 19.2. The molecule has 1 amide bonds. The Kier molecular flexibility index (Phi) is 8.22. The van der Waals surface area contributed by atoms with Gasteiger partial charge in [0, 0.05) is 41.8 Å². The van der Waals surface area contributed by atoms with Gasteiger partial charge in [0.05, 0.1) is 30.3 Å². The zero-order valence-electron chi connectivity index (χ0n) is 19.1. The number of anilines is 2. The Morgan fingerprint density at radius 1 is 1.17 bits per heavy atom. The van der Waals surface area contributed by atoms with E-state index in [0.717, 1.165) is 5.69 Å². The van der Waals surface area contributed by atoms with Gasteiger partial charge in [0.2, 0.25) is 5.91 Å². The topological polar surface area (TPSA) is 135 Å². The summed E-state index contributed by atoms with van der Waals surface area (Å²) in [7, 11) is 0. The normalized spacial score (nSPS) is 10.6. The molecule has 3 aromatic heterocycles. The number of aliphatic hydroxyl groups is 1. The number of benzene rings is 1. The Bertz CT molecular complexity index is 1350. The van der Waals surface area contributed by atoms with Crippen molar-refractivity contribution >= 4 is 29.0 Å². The Morgan fingerprint density at radius 3 is 2.83 bits per heavy atom. The van der Waals surface area contributed by atoms with Crippen molar-refractivity contribution in [3.05, 3.63) is 89.7 Å². The smallest absolute Gasteiger partial charge is 0.249 e. The molecule has 0 fully saturated rings. The van der Waals surface area contributed by atoms with Crippen LogP contribution in [0, 0.1) is 0 Å². The fraction of sp³-hybridized carbons (Fsp3) is 0.160. The van der Waals surface area contributed by atoms with Crippen molar-refractivity contribution < 1.29 is 19.2 Å². The average Bonchev–Trinajstić information content (AvgIpc) is 3.38. The number of nitrogens with one attached hydrogen (secondary N) is 2. The fourth-order valence-electron chi connectivity index (χ4n) is 3.14. The molecule has 11 heteroatoms. The van der Waals surface area contributed by atoms with Crippen LogP contribution in [0.3, 0.4) is 0 Å². The minimum Gasteiger partial charge on any atom is -0.492 e. The zero-order chi connectivity index (χ0) is 25.3. The molecule has 0 unspecified atom stereocenters. The maximum atomic E-state index is 11.8. The number of ether oxygens (including phenoxy) is 1. The van der Waals surface area contributed by atoms with E-state index in [-0.39, 0.29) is 12.1 Å². The third-order valence-corrected chi connectivity index (χ3v) is 5.31. The highest BCUT2D eigenvalue weighted by molar-refractivity contribution is 6.32. The van der Waals surface area contributed by atoms with E-state index in [0.29, 0.717) is 52.3 Å². The van der Waals surface area contributed by atoms with Gasteiger partial charge in [0.1, 0.15) is 23.6 Å². The second kappa shape index (κ2) is 11.9. The van der Waals surface area contributed by atoms with Crippen LogP contribution in [-0.4, -0.2) is 44.3 Å². The standard InChI is InChI=1S/C25H23ClN6O4/c1-16(14-33)25(34)29-12-19-11-23(36-32-19)20-13-27-15-30-24(20)31-18-5-6-22(21(26)10-18)35-9-7-17-4-2-3-8-28-17/h2-6,8,10-11,13,15,33H,1,7,9,12,14H2,(H,29,34)(H,27,30,31). The average molecular weight is 507 g/mol. The van der Waals surface area contributed by atoms with E-state index in [4.69, 9.17) is 26.0 Å². The molecule has 0 radical (unpaired) electrons. The van der Waals surface area contributed by atoms with Crippen LogP contribution in [0.25, 0.3) is 11.3 Å². The minimum absolute atomic E-state index is 0.0601. The van der Waals surface area contributed by atoms with Gasteiger partial charge in [-0.05, 0) is 30.3 Å². The van der Waals surface area contributed by atoms with Crippen LogP contribution in [0.1, 0.15) is 11.4 Å². The number of hydrogen-bond acceptors (Lipinski definition) is 9. The number of carbonyl (C=O) groups is 1. The summed E-state index contributed by atoms with van der Waals surface area (Å²) in [6, 6.07) is 12.7. The zero-order valence-corrected chi connectivity index (χ0v) is 19.9. The molecule has 4 rings (SSSR count). The van der Waals surface area contributed by atoms with E-state index in [1.807, 2.05) is 24.3 Å². The summed E-state index contributed by atoms with van der Waals surface area (Å²) in [6.45, 7) is 3.61. The quantitative estimate of drug-likeness (QED) is 0.260. The number of carbonyl (C=O) groups excluding carboxylic acids is 1. The lowest BCUT2D eigenvalue weighted by molar-refractivity contribution is -0.118. The number of amides is 1. The molecule has 1 aromatic carbocycles. The molecule has 0 aliphatic carbocycles. The lowest BCUT2D eigenvalue weighted by atomic mass is 10.2. The maximum Gasteiger partial charge on any atom is 0.249 e. The van der Waals surface area contributed by atoms with Crippen molar-refractivity contribution in [2.75, 3.05) is 18.5 Å². The van der Waals surface area contributed by atoms with Gasteiger partial charge in [-0.15, -0.1) is 0 Å². The van der Waals surface area contributed by atoms with Crippen molar-refractivity contribution in [1.29, 1.82) is 0 Å². The maximum absolute atomic E-state index is 11.8. The monoisotopic (exact) mass is 506 g/mol. The van der Waals surface area contributed by atoms with E-state index >= 15 is 0 Å². The molecule has 10 nitrogen and oxygen atoms in total. The molecule has 3 heterocycles. The highest BCUT2D eigenvalue weighted by atomic mass is 35.5. The van der Waals surface area contributed by atoms with E-state index in [1.165, 1.54) is 6.33 Å². The Labute approximate surface area is 212 Å². The fourth-order valence-corrected chi connectivity index (χ4v) is 3.38. The number of pyridine rings is 1. The van der Waals surface area contributed by atoms with Crippen LogP contribution in [-0.2, 0) is 17.8 Å². The van der Waals surface area contributed by atoms with Crippen molar-refractivity contribution in [1.82, 2.24) is 25.4 Å². The second-order valence-electron chi connectivity index (χ2n) is 7.60. The van der Waals surface area contributed by atoms with E-state index in [1.54, 1.807) is 30.6 Å². The van der Waals surface area contributed by atoms with E-state index in [9.17, 15) is 4.79 Å². The molecule has 0 bridgehead atoms. The highest BCUT2D eigenvalue weighted by Gasteiger charge is 2.15. The van der Waals surface area contributed by atoms with Crippen LogP contribution in [0.2, 0.25) is 5.02 Å². The van der Waals surface area contributed by atoms with Gasteiger partial charge in [0.25, 0.3) is 0 Å². The first-order valence-corrected chi connectivity index (χ1v) is 11.3. The third kappa shape index (κ3) is 6.44. The molecule has 0 aliphatic heterocycles. The molecule has 0 atom stereocenters. The molecule has 0 aliphatic rings. The number of halogens is 1. The Morgan fingerprint density at radius 2 is 2.06 bits per heavy atom. The molecular weight excluding hydrogens is 484 g/mol. The van der Waals surface area contributed by atoms with Crippen molar-refractivity contribution in [3.8, 4) is 17.1 Å². The van der Waals surface area contributed by atoms with Crippen molar-refractivity contribution in [2.45, 2.75) is 13.0 Å². The van der Waals surface area contributed by atoms with Gasteiger partial charge in [-0.25, -0.2) is 9.97 Å². The molecule has 0 saturated carbocycles. The van der Waals surface area contributed by atoms with E-state index < -0.39 is 12.5 Å². The third-order valence-electron chi connectivity index (χ3n) is 5.02. The van der Waals surface area contributed by atoms with Crippen molar-refractivity contribution in [2.24, 2.45) is 0 Å². The first-order chi connectivity index (χ1) is 17.5. The van der Waals surface area contributed by atoms with Crippen molar-refractivity contribution in [3.63, 3.8) is 0 Å². The molecular formula is C25H23ClN6O4. The highest BCUT2D eigenvalue weighted by Crippen LogP contribution is 2.32. The summed E-state index contributed by atoms with van der Waals surface area (Å²) in [4.78, 5) is 24.4. The predicted octanol–water partition coefficient (Wildman–Crippen LogP) is 3.71. The number of aromatic nitrogens is 4. The van der Waals surface area contributed by atoms with Gasteiger partial charge >= 0.3 is 0 Å². The molecule has 4 aromatic rings. The lowest BCUT2D eigenvalue weighted by Gasteiger charge is -2.12. The van der Waals surface area contributed by atoms with Gasteiger partial charge in [-0.2, -0.15) is 0 Å². The second-order valence-corrected chi connectivity index (χ2v) is 8.01. The van der Waals surface area contributed by atoms with Crippen LogP contribution < -0.4 is 15.4 Å². The minimum atomic E-state index is -0.464. The largest absolute Gasteiger partial charge is 0.492 e. The number of rotatable bonds is 11. The Balaban J connectivity index is 1.40. The van der Waals surface area contributed by atoms with Gasteiger partial charge < -0.3 is 25.0 Å². The summed E-state index contributed by atoms with van der Waals surface area (Å²) >= 11 is 6.43. The van der Waals surface area contributed by atoms with Crippen LogP contribution in [0.4, 0.5) is 11.5 Å². The number of nitrogens with zero attached hydrogens (tertiary/aromatic N) is 4. The molecule has 36 heavy (non-hydrogen) atoms. The van der Waals surface area contributed by atoms with Crippen LogP contribution in [0.15, 0.2) is 77.9 Å². The summed E-state index contributed by atoms with van der Waals surface area (Å²) in [6.07, 6.45) is 5.40. The molecule has 3 N–H and O–H groups in total. The van der Waals surface area contributed by atoms with Gasteiger partial charge in [0.15, 0.2) is 5.76 Å². The molecule has 0 saturated heterocycles. The number of hydrogen-bond donors (Lipinski definition) is 3. The van der Waals surface area contributed by atoms with E-state index in [2.05, 4.69) is 37.3 Å². The Hall–Kier alpha value is -4.28. The predicted molar refractivity (Wildman–Crippen MR) is 134 cm³/mol. The summed E-state index contributed by atoms with van der Waals surface area (Å²) in [5.41, 5.74) is 2.73. The summed E-state index contributed by atoms with van der Waals surface area (Å²) in [5.74, 6) is 0.981. The van der Waals surface area contributed by atoms with Crippen LogP contribution in [0.5, 0.6) is 5.75 Å². The summed E-state index contributed by atoms with van der Waals surface area (Å²) < 4.78 is 11.2. The van der Waals surface area contributed by atoms with Gasteiger partial charge in [-0.1, -0.05) is 29.4 Å². The van der Waals surface area contributed by atoms with Gasteiger partial charge in [-0.3, -0.25) is 9.78 Å². The first kappa shape index (κ1) is 24.8. The SMILES string of the molecule is C=C(CO)C(=O)NCc1cc(-c2cncnc2Nc2ccc(OCCc3ccccn3)c(Cl)c2)on1. The first-order valence-electron chi connectivity index (χ1n) is 11.0. The molecule has 0 spiro atoms.